The van der Waals surface area contributed by atoms with Crippen molar-refractivity contribution < 1.29 is 19.4 Å². The van der Waals surface area contributed by atoms with E-state index < -0.39 is 0 Å². The fourth-order valence-electron chi connectivity index (χ4n) is 2.62. The summed E-state index contributed by atoms with van der Waals surface area (Å²) in [5.41, 5.74) is 2.18. The van der Waals surface area contributed by atoms with Gasteiger partial charge in [-0.05, 0) is 54.1 Å². The number of methoxy groups -OCH3 is 1. The van der Waals surface area contributed by atoms with Crippen LogP contribution in [0.3, 0.4) is 0 Å². The van der Waals surface area contributed by atoms with Crippen molar-refractivity contribution in [3.8, 4) is 17.2 Å². The molecule has 0 fully saturated rings. The number of para-hydroxylation sites is 1. The SMILES string of the molecule is COc1ccc(C=CC(=O)Nc2ccccc2COc2ccc(Cl)cc2)cc1O. The molecule has 0 heterocycles. The zero-order valence-corrected chi connectivity index (χ0v) is 16.5. The molecule has 1 amide bonds. The van der Waals surface area contributed by atoms with E-state index in [1.165, 1.54) is 19.3 Å². The molecule has 0 saturated carbocycles. The fraction of sp³-hybridized carbons (Fsp3) is 0.0870. The standard InChI is InChI=1S/C23H20ClNO4/c1-28-22-12-6-16(14-21(22)26)7-13-23(27)25-20-5-3-2-4-17(20)15-29-19-10-8-18(24)9-11-19/h2-14,26H,15H2,1H3,(H,25,27). The molecule has 2 N–H and O–H groups in total. The first kappa shape index (κ1) is 20.3. The van der Waals surface area contributed by atoms with E-state index in [0.29, 0.717) is 34.4 Å². The Morgan fingerprint density at radius 3 is 2.59 bits per heavy atom. The van der Waals surface area contributed by atoms with Crippen LogP contribution in [0.25, 0.3) is 6.08 Å². The average molecular weight is 410 g/mol. The molecule has 29 heavy (non-hydrogen) atoms. The number of benzene rings is 3. The Hall–Kier alpha value is -3.44. The van der Waals surface area contributed by atoms with Crippen LogP contribution >= 0.6 is 11.6 Å². The second-order valence-electron chi connectivity index (χ2n) is 6.15. The highest BCUT2D eigenvalue weighted by Crippen LogP contribution is 2.26. The Kier molecular flexibility index (Phi) is 6.76. The molecule has 0 aliphatic heterocycles. The smallest absolute Gasteiger partial charge is 0.248 e. The minimum atomic E-state index is -0.292. The van der Waals surface area contributed by atoms with Gasteiger partial charge in [0.1, 0.15) is 12.4 Å². The van der Waals surface area contributed by atoms with Crippen LogP contribution in [-0.2, 0) is 11.4 Å². The Morgan fingerprint density at radius 1 is 1.10 bits per heavy atom. The van der Waals surface area contributed by atoms with E-state index in [0.717, 1.165) is 5.56 Å². The zero-order chi connectivity index (χ0) is 20.6. The number of anilines is 1. The maximum Gasteiger partial charge on any atom is 0.248 e. The molecule has 0 spiro atoms. The maximum atomic E-state index is 12.3. The van der Waals surface area contributed by atoms with E-state index in [4.69, 9.17) is 21.1 Å². The number of nitrogens with one attached hydrogen (secondary N) is 1. The highest BCUT2D eigenvalue weighted by molar-refractivity contribution is 6.30. The number of amides is 1. The van der Waals surface area contributed by atoms with E-state index in [1.807, 2.05) is 24.3 Å². The second-order valence-corrected chi connectivity index (χ2v) is 6.59. The minimum absolute atomic E-state index is 0.0137. The van der Waals surface area contributed by atoms with E-state index in [2.05, 4.69) is 5.32 Å². The number of carbonyl (C=O) groups is 1. The summed E-state index contributed by atoms with van der Waals surface area (Å²) in [6.07, 6.45) is 3.01. The number of carbonyl (C=O) groups excluding carboxylic acids is 1. The van der Waals surface area contributed by atoms with Gasteiger partial charge in [-0.2, -0.15) is 0 Å². The summed E-state index contributed by atoms with van der Waals surface area (Å²) in [6, 6.07) is 19.4. The number of rotatable bonds is 7. The molecule has 3 aromatic rings. The lowest BCUT2D eigenvalue weighted by atomic mass is 10.1. The van der Waals surface area contributed by atoms with Gasteiger partial charge in [-0.25, -0.2) is 0 Å². The van der Waals surface area contributed by atoms with Gasteiger partial charge in [-0.1, -0.05) is 35.9 Å². The largest absolute Gasteiger partial charge is 0.504 e. The molecule has 5 nitrogen and oxygen atoms in total. The lowest BCUT2D eigenvalue weighted by molar-refractivity contribution is -0.111. The van der Waals surface area contributed by atoms with Crippen LogP contribution in [0, 0.1) is 0 Å². The van der Waals surface area contributed by atoms with Gasteiger partial charge in [0, 0.05) is 22.3 Å². The van der Waals surface area contributed by atoms with E-state index >= 15 is 0 Å². The van der Waals surface area contributed by atoms with Crippen molar-refractivity contribution in [3.05, 3.63) is 89.0 Å². The topological polar surface area (TPSA) is 67.8 Å². The number of phenolic OH excluding ortho intramolecular Hbond substituents is 1. The number of hydrogen-bond acceptors (Lipinski definition) is 4. The number of aromatic hydroxyl groups is 1. The lowest BCUT2D eigenvalue weighted by Gasteiger charge is -2.11. The predicted octanol–water partition coefficient (Wildman–Crippen LogP) is 5.29. The second kappa shape index (κ2) is 9.66. The third kappa shape index (κ3) is 5.77. The Labute approximate surface area is 174 Å². The van der Waals surface area contributed by atoms with Crippen molar-refractivity contribution in [1.82, 2.24) is 0 Å². The summed E-state index contributed by atoms with van der Waals surface area (Å²) in [4.78, 5) is 12.3. The Balaban J connectivity index is 1.64. The number of halogens is 1. The van der Waals surface area contributed by atoms with Crippen LogP contribution in [0.4, 0.5) is 5.69 Å². The quantitative estimate of drug-likeness (QED) is 0.520. The first-order valence-electron chi connectivity index (χ1n) is 8.87. The van der Waals surface area contributed by atoms with Gasteiger partial charge < -0.3 is 19.9 Å². The van der Waals surface area contributed by atoms with Crippen LogP contribution < -0.4 is 14.8 Å². The van der Waals surface area contributed by atoms with Crippen molar-refractivity contribution in [2.24, 2.45) is 0 Å². The fourth-order valence-corrected chi connectivity index (χ4v) is 2.74. The van der Waals surface area contributed by atoms with Crippen LogP contribution in [0.2, 0.25) is 5.02 Å². The molecule has 0 unspecified atom stereocenters. The molecule has 0 atom stereocenters. The highest BCUT2D eigenvalue weighted by Gasteiger charge is 2.06. The molecule has 0 saturated heterocycles. The average Bonchev–Trinajstić information content (AvgIpc) is 2.73. The lowest BCUT2D eigenvalue weighted by Crippen LogP contribution is -2.10. The minimum Gasteiger partial charge on any atom is -0.504 e. The molecule has 3 rings (SSSR count). The van der Waals surface area contributed by atoms with Gasteiger partial charge in [0.2, 0.25) is 5.91 Å². The maximum absolute atomic E-state index is 12.3. The molecular weight excluding hydrogens is 390 g/mol. The van der Waals surface area contributed by atoms with Gasteiger partial charge in [0.15, 0.2) is 11.5 Å². The van der Waals surface area contributed by atoms with Gasteiger partial charge in [-0.3, -0.25) is 4.79 Å². The molecule has 0 radical (unpaired) electrons. The first-order chi connectivity index (χ1) is 14.0. The van der Waals surface area contributed by atoms with E-state index in [1.54, 1.807) is 42.5 Å². The third-order valence-electron chi connectivity index (χ3n) is 4.11. The number of hydrogen-bond donors (Lipinski definition) is 2. The van der Waals surface area contributed by atoms with Gasteiger partial charge in [-0.15, -0.1) is 0 Å². The molecule has 0 aliphatic rings. The van der Waals surface area contributed by atoms with Gasteiger partial charge in [0.25, 0.3) is 0 Å². The van der Waals surface area contributed by atoms with Gasteiger partial charge in [0.05, 0.1) is 7.11 Å². The Morgan fingerprint density at radius 2 is 1.86 bits per heavy atom. The summed E-state index contributed by atoms with van der Waals surface area (Å²) < 4.78 is 10.8. The summed E-state index contributed by atoms with van der Waals surface area (Å²) in [5, 5.41) is 13.3. The highest BCUT2D eigenvalue weighted by atomic mass is 35.5. The van der Waals surface area contributed by atoms with Crippen LogP contribution in [0.1, 0.15) is 11.1 Å². The van der Waals surface area contributed by atoms with Crippen molar-refractivity contribution in [2.45, 2.75) is 6.61 Å². The molecular formula is C23H20ClNO4. The first-order valence-corrected chi connectivity index (χ1v) is 9.25. The third-order valence-corrected chi connectivity index (χ3v) is 4.37. The predicted molar refractivity (Wildman–Crippen MR) is 115 cm³/mol. The normalized spacial score (nSPS) is 10.7. The van der Waals surface area contributed by atoms with Gasteiger partial charge >= 0.3 is 0 Å². The zero-order valence-electron chi connectivity index (χ0n) is 15.8. The molecule has 148 valence electrons. The molecule has 0 aliphatic carbocycles. The van der Waals surface area contributed by atoms with Crippen molar-refractivity contribution in [3.63, 3.8) is 0 Å². The molecule has 0 bridgehead atoms. The summed E-state index contributed by atoms with van der Waals surface area (Å²) in [5.74, 6) is 0.787. The van der Waals surface area contributed by atoms with Crippen molar-refractivity contribution in [1.29, 1.82) is 0 Å². The van der Waals surface area contributed by atoms with Crippen molar-refractivity contribution in [2.75, 3.05) is 12.4 Å². The van der Waals surface area contributed by atoms with E-state index in [9.17, 15) is 9.90 Å². The molecule has 0 aromatic heterocycles. The summed E-state index contributed by atoms with van der Waals surface area (Å²) >= 11 is 5.88. The van der Waals surface area contributed by atoms with Crippen LogP contribution in [-0.4, -0.2) is 18.1 Å². The summed E-state index contributed by atoms with van der Waals surface area (Å²) in [6.45, 7) is 0.300. The Bertz CT molecular complexity index is 1020. The summed E-state index contributed by atoms with van der Waals surface area (Å²) in [7, 11) is 1.48. The molecule has 3 aromatic carbocycles. The number of phenols is 1. The van der Waals surface area contributed by atoms with Crippen molar-refractivity contribution >= 4 is 29.3 Å². The van der Waals surface area contributed by atoms with Crippen LogP contribution in [0.15, 0.2) is 72.8 Å². The van der Waals surface area contributed by atoms with E-state index in [-0.39, 0.29) is 11.7 Å². The van der Waals surface area contributed by atoms with Crippen LogP contribution in [0.5, 0.6) is 17.2 Å². The molecule has 6 heteroatoms. The number of ether oxygens (including phenoxy) is 2. The monoisotopic (exact) mass is 409 g/mol.